The van der Waals surface area contributed by atoms with Crippen LogP contribution >= 0.6 is 15.9 Å². The number of aromatic nitrogens is 3. The lowest BCUT2D eigenvalue weighted by Gasteiger charge is -2.24. The van der Waals surface area contributed by atoms with Gasteiger partial charge in [-0.15, -0.1) is 0 Å². The molecule has 120 valence electrons. The van der Waals surface area contributed by atoms with Gasteiger partial charge in [-0.1, -0.05) is 0 Å². The summed E-state index contributed by atoms with van der Waals surface area (Å²) >= 11 is 3.50. The molecule has 2 heterocycles. The largest absolute Gasteiger partial charge is 0.444 e. The number of hydrogen-bond donors (Lipinski definition) is 0. The summed E-state index contributed by atoms with van der Waals surface area (Å²) in [5.41, 5.74) is 1.41. The molecule has 0 radical (unpaired) electrons. The van der Waals surface area contributed by atoms with E-state index in [9.17, 15) is 4.79 Å². The SMILES string of the molecule is CN(CCCn1cnc2cncc(Br)c21)C(=O)OC(C)(C)C. The highest BCUT2D eigenvalue weighted by atomic mass is 79.9. The number of halogens is 1. The number of imidazole rings is 1. The lowest BCUT2D eigenvalue weighted by atomic mass is 10.2. The Morgan fingerprint density at radius 1 is 1.41 bits per heavy atom. The molecule has 0 aromatic carbocycles. The van der Waals surface area contributed by atoms with Crippen molar-refractivity contribution in [3.8, 4) is 0 Å². The summed E-state index contributed by atoms with van der Waals surface area (Å²) < 4.78 is 8.31. The highest BCUT2D eigenvalue weighted by Crippen LogP contribution is 2.21. The van der Waals surface area contributed by atoms with Crippen molar-refractivity contribution in [3.05, 3.63) is 23.2 Å². The second kappa shape index (κ2) is 6.64. The van der Waals surface area contributed by atoms with Gasteiger partial charge in [0.1, 0.15) is 11.1 Å². The van der Waals surface area contributed by atoms with E-state index in [1.54, 1.807) is 30.7 Å². The lowest BCUT2D eigenvalue weighted by Crippen LogP contribution is -2.35. The third kappa shape index (κ3) is 4.19. The fraction of sp³-hybridized carbons (Fsp3) is 0.533. The first-order chi connectivity index (χ1) is 10.3. The standard InChI is InChI=1S/C15H21BrN4O2/c1-15(2,3)22-14(21)19(4)6-5-7-20-10-18-12-9-17-8-11(16)13(12)20/h8-10H,5-7H2,1-4H3. The Morgan fingerprint density at radius 3 is 2.82 bits per heavy atom. The molecule has 0 aliphatic carbocycles. The number of aryl methyl sites for hydroxylation is 1. The molecule has 2 aromatic heterocycles. The Balaban J connectivity index is 1.92. The molecule has 0 fully saturated rings. The number of pyridine rings is 1. The summed E-state index contributed by atoms with van der Waals surface area (Å²) in [4.78, 5) is 21.9. The summed E-state index contributed by atoms with van der Waals surface area (Å²) in [6.07, 6.45) is 5.81. The summed E-state index contributed by atoms with van der Waals surface area (Å²) in [5.74, 6) is 0. The van der Waals surface area contributed by atoms with Gasteiger partial charge in [0.2, 0.25) is 0 Å². The molecule has 6 nitrogen and oxygen atoms in total. The highest BCUT2D eigenvalue weighted by molar-refractivity contribution is 9.10. The average molecular weight is 369 g/mol. The van der Waals surface area contributed by atoms with Crippen molar-refractivity contribution < 1.29 is 9.53 Å². The monoisotopic (exact) mass is 368 g/mol. The molecule has 2 aromatic rings. The van der Waals surface area contributed by atoms with Crippen LogP contribution in [0, 0.1) is 0 Å². The van der Waals surface area contributed by atoms with Crippen molar-refractivity contribution >= 4 is 33.1 Å². The van der Waals surface area contributed by atoms with E-state index in [1.807, 2.05) is 20.8 Å². The first kappa shape index (κ1) is 16.7. The second-order valence-corrected chi connectivity index (χ2v) is 7.04. The molecule has 2 rings (SSSR count). The zero-order valence-electron chi connectivity index (χ0n) is 13.3. The van der Waals surface area contributed by atoms with Crippen LogP contribution in [0.1, 0.15) is 27.2 Å². The normalized spacial score (nSPS) is 11.7. The predicted molar refractivity (Wildman–Crippen MR) is 88.7 cm³/mol. The summed E-state index contributed by atoms with van der Waals surface area (Å²) in [6, 6.07) is 0. The average Bonchev–Trinajstić information content (AvgIpc) is 2.81. The summed E-state index contributed by atoms with van der Waals surface area (Å²) in [5, 5.41) is 0. The summed E-state index contributed by atoms with van der Waals surface area (Å²) in [7, 11) is 1.75. The third-order valence-corrected chi connectivity index (χ3v) is 3.65. The molecule has 0 saturated carbocycles. The fourth-order valence-electron chi connectivity index (χ4n) is 2.07. The quantitative estimate of drug-likeness (QED) is 0.828. The minimum atomic E-state index is -0.468. The molecule has 0 spiro atoms. The van der Waals surface area contributed by atoms with Gasteiger partial charge >= 0.3 is 6.09 Å². The molecule has 0 aliphatic rings. The minimum absolute atomic E-state index is 0.298. The number of hydrogen-bond acceptors (Lipinski definition) is 4. The molecule has 22 heavy (non-hydrogen) atoms. The van der Waals surface area contributed by atoms with Gasteiger partial charge in [0.05, 0.1) is 22.5 Å². The van der Waals surface area contributed by atoms with Crippen LogP contribution in [0.15, 0.2) is 23.2 Å². The van der Waals surface area contributed by atoms with Crippen LogP contribution in [0.4, 0.5) is 4.79 Å². The number of fused-ring (bicyclic) bond motifs is 1. The van der Waals surface area contributed by atoms with Gasteiger partial charge in [-0.2, -0.15) is 0 Å². The van der Waals surface area contributed by atoms with E-state index >= 15 is 0 Å². The maximum atomic E-state index is 11.9. The number of amides is 1. The van der Waals surface area contributed by atoms with E-state index in [0.29, 0.717) is 6.54 Å². The van der Waals surface area contributed by atoms with E-state index in [2.05, 4.69) is 30.5 Å². The molecule has 7 heteroatoms. The Morgan fingerprint density at radius 2 is 2.14 bits per heavy atom. The zero-order valence-corrected chi connectivity index (χ0v) is 14.9. The number of ether oxygens (including phenoxy) is 1. The highest BCUT2D eigenvalue weighted by Gasteiger charge is 2.19. The Hall–Kier alpha value is -1.63. The zero-order chi connectivity index (χ0) is 16.3. The molecule has 0 unspecified atom stereocenters. The number of rotatable bonds is 4. The molecular formula is C15H21BrN4O2. The second-order valence-electron chi connectivity index (χ2n) is 6.18. The van der Waals surface area contributed by atoms with Crippen molar-refractivity contribution in [3.63, 3.8) is 0 Å². The topological polar surface area (TPSA) is 60.2 Å². The minimum Gasteiger partial charge on any atom is -0.444 e. The molecule has 0 N–H and O–H groups in total. The molecule has 0 saturated heterocycles. The Labute approximate surface area is 138 Å². The predicted octanol–water partition coefficient (Wildman–Crippen LogP) is 3.45. The van der Waals surface area contributed by atoms with Crippen LogP contribution in [-0.2, 0) is 11.3 Å². The third-order valence-electron chi connectivity index (χ3n) is 3.07. The lowest BCUT2D eigenvalue weighted by molar-refractivity contribution is 0.0295. The maximum absolute atomic E-state index is 11.9. The Bertz CT molecular complexity index is 663. The van der Waals surface area contributed by atoms with E-state index in [0.717, 1.165) is 28.5 Å². The molecule has 0 bridgehead atoms. The number of nitrogens with zero attached hydrogens (tertiary/aromatic N) is 4. The van der Waals surface area contributed by atoms with Gasteiger partial charge in [0.15, 0.2) is 0 Å². The van der Waals surface area contributed by atoms with E-state index in [1.165, 1.54) is 0 Å². The molecule has 1 amide bonds. The van der Waals surface area contributed by atoms with Gasteiger partial charge in [-0.3, -0.25) is 4.98 Å². The van der Waals surface area contributed by atoms with Gasteiger partial charge < -0.3 is 14.2 Å². The van der Waals surface area contributed by atoms with Gasteiger partial charge in [-0.05, 0) is 43.1 Å². The van der Waals surface area contributed by atoms with Crippen LogP contribution in [0.25, 0.3) is 11.0 Å². The van der Waals surface area contributed by atoms with E-state index < -0.39 is 5.60 Å². The first-order valence-corrected chi connectivity index (χ1v) is 7.95. The van der Waals surface area contributed by atoms with Crippen molar-refractivity contribution in [1.29, 1.82) is 0 Å². The number of carbonyl (C=O) groups excluding carboxylic acids is 1. The molecule has 0 aliphatic heterocycles. The summed E-state index contributed by atoms with van der Waals surface area (Å²) in [6.45, 7) is 6.98. The van der Waals surface area contributed by atoms with E-state index in [-0.39, 0.29) is 6.09 Å². The van der Waals surface area contributed by atoms with Gasteiger partial charge in [0, 0.05) is 26.3 Å². The van der Waals surface area contributed by atoms with Crippen LogP contribution in [0.5, 0.6) is 0 Å². The van der Waals surface area contributed by atoms with Crippen LogP contribution in [0.3, 0.4) is 0 Å². The van der Waals surface area contributed by atoms with Crippen molar-refractivity contribution in [1.82, 2.24) is 19.4 Å². The van der Waals surface area contributed by atoms with Crippen LogP contribution in [0.2, 0.25) is 0 Å². The van der Waals surface area contributed by atoms with E-state index in [4.69, 9.17) is 4.74 Å². The van der Waals surface area contributed by atoms with Crippen molar-refractivity contribution in [2.24, 2.45) is 0 Å². The smallest absolute Gasteiger partial charge is 0.410 e. The number of carbonyl (C=O) groups is 1. The maximum Gasteiger partial charge on any atom is 0.410 e. The van der Waals surface area contributed by atoms with Crippen LogP contribution in [-0.4, -0.2) is 44.7 Å². The van der Waals surface area contributed by atoms with Gasteiger partial charge in [-0.25, -0.2) is 9.78 Å². The van der Waals surface area contributed by atoms with Crippen molar-refractivity contribution in [2.75, 3.05) is 13.6 Å². The van der Waals surface area contributed by atoms with Crippen LogP contribution < -0.4 is 0 Å². The molecule has 0 atom stereocenters. The van der Waals surface area contributed by atoms with Crippen molar-refractivity contribution in [2.45, 2.75) is 39.3 Å². The first-order valence-electron chi connectivity index (χ1n) is 7.16. The fourth-order valence-corrected chi connectivity index (χ4v) is 2.61. The molecular weight excluding hydrogens is 348 g/mol. The van der Waals surface area contributed by atoms with Gasteiger partial charge in [0.25, 0.3) is 0 Å². The Kier molecular flexibility index (Phi) is 5.05.